The summed E-state index contributed by atoms with van der Waals surface area (Å²) in [6.07, 6.45) is 2.27. The highest BCUT2D eigenvalue weighted by Crippen LogP contribution is 2.19. The molecule has 1 N–H and O–H groups in total. The molecule has 1 heterocycles. The summed E-state index contributed by atoms with van der Waals surface area (Å²) in [6.45, 7) is 6.71. The second-order valence-electron chi connectivity index (χ2n) is 5.63. The van der Waals surface area contributed by atoms with E-state index in [2.05, 4.69) is 23.8 Å². The fraction of sp³-hybridized carbons (Fsp3) is 0.625. The molecule has 0 aromatic heterocycles. The summed E-state index contributed by atoms with van der Waals surface area (Å²) >= 11 is 0. The zero-order chi connectivity index (χ0) is 13.7. The maximum Gasteiger partial charge on any atom is 0.0942 e. The van der Waals surface area contributed by atoms with Gasteiger partial charge in [0.1, 0.15) is 0 Å². The van der Waals surface area contributed by atoms with Gasteiger partial charge in [-0.25, -0.2) is 0 Å². The van der Waals surface area contributed by atoms with E-state index in [-0.39, 0.29) is 6.04 Å². The Morgan fingerprint density at radius 2 is 1.84 bits per heavy atom. The lowest BCUT2D eigenvalue weighted by molar-refractivity contribution is 0.0680. The van der Waals surface area contributed by atoms with Gasteiger partial charge in [-0.15, -0.1) is 0 Å². The third-order valence-corrected chi connectivity index (χ3v) is 4.26. The zero-order valence-corrected chi connectivity index (χ0v) is 12.1. The van der Waals surface area contributed by atoms with E-state index in [9.17, 15) is 5.11 Å². The van der Waals surface area contributed by atoms with Crippen LogP contribution in [0.15, 0.2) is 30.3 Å². The molecule has 0 bridgehead atoms. The van der Waals surface area contributed by atoms with E-state index < -0.39 is 6.10 Å². The summed E-state index contributed by atoms with van der Waals surface area (Å²) < 4.78 is 0. The molecule has 2 rings (SSSR count). The van der Waals surface area contributed by atoms with Gasteiger partial charge in [-0.05, 0) is 45.5 Å². The van der Waals surface area contributed by atoms with Crippen LogP contribution in [0.3, 0.4) is 0 Å². The number of aliphatic hydroxyl groups excluding tert-OH is 1. The third-order valence-electron chi connectivity index (χ3n) is 4.26. The van der Waals surface area contributed by atoms with Gasteiger partial charge < -0.3 is 10.0 Å². The first kappa shape index (κ1) is 14.5. The molecule has 1 saturated heterocycles. The maximum atomic E-state index is 10.4. The Morgan fingerprint density at radius 3 is 2.47 bits per heavy atom. The van der Waals surface area contributed by atoms with Gasteiger partial charge in [0.2, 0.25) is 0 Å². The third kappa shape index (κ3) is 4.03. The van der Waals surface area contributed by atoms with Crippen LogP contribution in [0.5, 0.6) is 0 Å². The second kappa shape index (κ2) is 7.04. The topological polar surface area (TPSA) is 26.7 Å². The number of aliphatic hydroxyl groups is 1. The molecule has 2 atom stereocenters. The standard InChI is InChI=1S/C16H26N2O/c1-14(16(19)15-8-4-3-5-9-15)17(2)12-13-18-10-6-7-11-18/h3-5,8-9,14,16,19H,6-7,10-13H2,1-2H3. The summed E-state index contributed by atoms with van der Waals surface area (Å²) in [7, 11) is 2.10. The minimum Gasteiger partial charge on any atom is -0.387 e. The van der Waals surface area contributed by atoms with Gasteiger partial charge in [-0.3, -0.25) is 4.90 Å². The Kier molecular flexibility index (Phi) is 5.37. The van der Waals surface area contributed by atoms with Crippen molar-refractivity contribution in [3.05, 3.63) is 35.9 Å². The molecule has 1 fully saturated rings. The average Bonchev–Trinajstić information content (AvgIpc) is 2.97. The zero-order valence-electron chi connectivity index (χ0n) is 12.1. The van der Waals surface area contributed by atoms with Crippen molar-refractivity contribution in [1.82, 2.24) is 9.80 Å². The Bertz CT molecular complexity index is 362. The number of hydrogen-bond acceptors (Lipinski definition) is 3. The molecule has 19 heavy (non-hydrogen) atoms. The molecule has 1 aliphatic rings. The summed E-state index contributed by atoms with van der Waals surface area (Å²) in [5, 5.41) is 10.4. The number of rotatable bonds is 6. The van der Waals surface area contributed by atoms with E-state index in [1.54, 1.807) is 0 Å². The van der Waals surface area contributed by atoms with Crippen molar-refractivity contribution < 1.29 is 5.11 Å². The van der Waals surface area contributed by atoms with Crippen LogP contribution in [-0.2, 0) is 0 Å². The van der Waals surface area contributed by atoms with Crippen LogP contribution in [0.4, 0.5) is 0 Å². The molecular weight excluding hydrogens is 236 g/mol. The molecule has 2 unspecified atom stereocenters. The number of benzene rings is 1. The minimum atomic E-state index is -0.412. The van der Waals surface area contributed by atoms with Gasteiger partial charge in [-0.1, -0.05) is 30.3 Å². The first-order chi connectivity index (χ1) is 9.18. The fourth-order valence-electron chi connectivity index (χ4n) is 2.68. The largest absolute Gasteiger partial charge is 0.387 e. The normalized spacial score (nSPS) is 19.8. The van der Waals surface area contributed by atoms with Crippen molar-refractivity contribution in [2.75, 3.05) is 33.2 Å². The van der Waals surface area contributed by atoms with E-state index in [0.717, 1.165) is 18.7 Å². The van der Waals surface area contributed by atoms with Crippen molar-refractivity contribution >= 4 is 0 Å². The average molecular weight is 262 g/mol. The van der Waals surface area contributed by atoms with Crippen molar-refractivity contribution in [3.63, 3.8) is 0 Å². The number of hydrogen-bond donors (Lipinski definition) is 1. The highest BCUT2D eigenvalue weighted by atomic mass is 16.3. The van der Waals surface area contributed by atoms with Crippen LogP contribution >= 0.6 is 0 Å². The molecular formula is C16H26N2O. The summed E-state index contributed by atoms with van der Waals surface area (Å²) in [5.74, 6) is 0. The predicted octanol–water partition coefficient (Wildman–Crippen LogP) is 2.14. The molecule has 0 amide bonds. The molecule has 3 nitrogen and oxygen atoms in total. The molecule has 0 radical (unpaired) electrons. The molecule has 3 heteroatoms. The quantitative estimate of drug-likeness (QED) is 0.851. The first-order valence-electron chi connectivity index (χ1n) is 7.34. The monoisotopic (exact) mass is 262 g/mol. The van der Waals surface area contributed by atoms with Crippen LogP contribution in [-0.4, -0.2) is 54.2 Å². The lowest BCUT2D eigenvalue weighted by atomic mass is 10.0. The van der Waals surface area contributed by atoms with Gasteiger partial charge >= 0.3 is 0 Å². The van der Waals surface area contributed by atoms with Crippen molar-refractivity contribution in [1.29, 1.82) is 0 Å². The van der Waals surface area contributed by atoms with Crippen LogP contribution in [0, 0.1) is 0 Å². The number of likely N-dealkylation sites (tertiary alicyclic amines) is 1. The van der Waals surface area contributed by atoms with Gasteiger partial charge in [0.15, 0.2) is 0 Å². The molecule has 0 saturated carbocycles. The maximum absolute atomic E-state index is 10.4. The van der Waals surface area contributed by atoms with Crippen LogP contribution < -0.4 is 0 Å². The van der Waals surface area contributed by atoms with Crippen LogP contribution in [0.25, 0.3) is 0 Å². The smallest absolute Gasteiger partial charge is 0.0942 e. The summed E-state index contributed by atoms with van der Waals surface area (Å²) in [5.41, 5.74) is 1.00. The SMILES string of the molecule is CC(C(O)c1ccccc1)N(C)CCN1CCCC1. The van der Waals surface area contributed by atoms with E-state index in [0.29, 0.717) is 0 Å². The number of nitrogens with zero attached hydrogens (tertiary/aromatic N) is 2. The second-order valence-corrected chi connectivity index (χ2v) is 5.63. The Balaban J connectivity index is 1.82. The first-order valence-corrected chi connectivity index (χ1v) is 7.34. The van der Waals surface area contributed by atoms with Gasteiger partial charge in [-0.2, -0.15) is 0 Å². The lowest BCUT2D eigenvalue weighted by Gasteiger charge is -2.30. The van der Waals surface area contributed by atoms with Gasteiger partial charge in [0, 0.05) is 19.1 Å². The summed E-state index contributed by atoms with van der Waals surface area (Å²) in [4.78, 5) is 4.77. The molecule has 1 aromatic rings. The fourth-order valence-corrected chi connectivity index (χ4v) is 2.68. The molecule has 106 valence electrons. The number of likely N-dealkylation sites (N-methyl/N-ethyl adjacent to an activating group) is 1. The van der Waals surface area contributed by atoms with Crippen LogP contribution in [0.2, 0.25) is 0 Å². The highest BCUT2D eigenvalue weighted by Gasteiger charge is 2.21. The molecule has 1 aromatic carbocycles. The van der Waals surface area contributed by atoms with Crippen molar-refractivity contribution in [2.24, 2.45) is 0 Å². The van der Waals surface area contributed by atoms with Gasteiger partial charge in [0.05, 0.1) is 6.10 Å². The lowest BCUT2D eigenvalue weighted by Crippen LogP contribution is -2.39. The van der Waals surface area contributed by atoms with E-state index in [1.807, 2.05) is 30.3 Å². The van der Waals surface area contributed by atoms with Crippen molar-refractivity contribution in [2.45, 2.75) is 31.9 Å². The Hall–Kier alpha value is -0.900. The van der Waals surface area contributed by atoms with Gasteiger partial charge in [0.25, 0.3) is 0 Å². The Labute approximate surface area is 116 Å². The van der Waals surface area contributed by atoms with Crippen LogP contribution in [0.1, 0.15) is 31.4 Å². The predicted molar refractivity (Wildman–Crippen MR) is 79.2 cm³/mol. The van der Waals surface area contributed by atoms with E-state index >= 15 is 0 Å². The highest BCUT2D eigenvalue weighted by molar-refractivity contribution is 5.18. The Morgan fingerprint density at radius 1 is 1.21 bits per heavy atom. The van der Waals surface area contributed by atoms with Crippen molar-refractivity contribution in [3.8, 4) is 0 Å². The summed E-state index contributed by atoms with van der Waals surface area (Å²) in [6, 6.07) is 10.1. The van der Waals surface area contributed by atoms with E-state index in [4.69, 9.17) is 0 Å². The molecule has 0 aliphatic carbocycles. The molecule has 0 spiro atoms. The van der Waals surface area contributed by atoms with E-state index in [1.165, 1.54) is 25.9 Å². The minimum absolute atomic E-state index is 0.144. The molecule has 1 aliphatic heterocycles.